The van der Waals surface area contributed by atoms with Gasteiger partial charge in [-0.3, -0.25) is 0 Å². The molecule has 1 heterocycles. The molecule has 0 aromatic carbocycles. The first-order valence-corrected chi connectivity index (χ1v) is 8.40. The minimum atomic E-state index is -0.0246. The van der Waals surface area contributed by atoms with E-state index in [2.05, 4.69) is 6.92 Å². The van der Waals surface area contributed by atoms with Gasteiger partial charge >= 0.3 is 0 Å². The molecule has 0 aliphatic carbocycles. The second-order valence-corrected chi connectivity index (χ2v) is 5.21. The lowest BCUT2D eigenvalue weighted by atomic mass is 10.2. The molecule has 1 saturated heterocycles. The maximum Gasteiger partial charge on any atom is 0.157 e. The van der Waals surface area contributed by atoms with Gasteiger partial charge in [0, 0.05) is 13.2 Å². The Balaban J connectivity index is 1.69. The van der Waals surface area contributed by atoms with Gasteiger partial charge in [0.05, 0.1) is 39.6 Å². The number of rotatable bonds is 14. The molecular formula is C16H32O5. The van der Waals surface area contributed by atoms with E-state index in [0.29, 0.717) is 39.6 Å². The third kappa shape index (κ3) is 12.1. The Labute approximate surface area is 129 Å². The highest BCUT2D eigenvalue weighted by molar-refractivity contribution is 4.53. The SMILES string of the molecule is CCCCCOCCOCCOCCOC1CCCCO1. The summed E-state index contributed by atoms with van der Waals surface area (Å²) in [7, 11) is 0. The molecule has 0 bridgehead atoms. The zero-order valence-electron chi connectivity index (χ0n) is 13.5. The van der Waals surface area contributed by atoms with E-state index in [0.717, 1.165) is 32.5 Å². The first kappa shape index (κ1) is 18.8. The minimum absolute atomic E-state index is 0.0246. The molecule has 5 nitrogen and oxygen atoms in total. The van der Waals surface area contributed by atoms with E-state index in [-0.39, 0.29) is 6.29 Å². The zero-order chi connectivity index (χ0) is 15.0. The fourth-order valence-corrected chi connectivity index (χ4v) is 2.08. The van der Waals surface area contributed by atoms with Crippen LogP contribution in [0.4, 0.5) is 0 Å². The minimum Gasteiger partial charge on any atom is -0.379 e. The van der Waals surface area contributed by atoms with Crippen molar-refractivity contribution in [1.82, 2.24) is 0 Å². The third-order valence-corrected chi connectivity index (χ3v) is 3.31. The van der Waals surface area contributed by atoms with Gasteiger partial charge in [-0.2, -0.15) is 0 Å². The first-order chi connectivity index (χ1) is 10.4. The molecule has 0 saturated carbocycles. The summed E-state index contributed by atoms with van der Waals surface area (Å²) in [4.78, 5) is 0. The van der Waals surface area contributed by atoms with Crippen molar-refractivity contribution in [3.63, 3.8) is 0 Å². The highest BCUT2D eigenvalue weighted by atomic mass is 16.7. The number of hydrogen-bond acceptors (Lipinski definition) is 5. The van der Waals surface area contributed by atoms with E-state index in [9.17, 15) is 0 Å². The Bertz CT molecular complexity index is 207. The van der Waals surface area contributed by atoms with Gasteiger partial charge in [-0.1, -0.05) is 19.8 Å². The van der Waals surface area contributed by atoms with Crippen molar-refractivity contribution < 1.29 is 23.7 Å². The summed E-state index contributed by atoms with van der Waals surface area (Å²) in [5.74, 6) is 0. The summed E-state index contributed by atoms with van der Waals surface area (Å²) >= 11 is 0. The van der Waals surface area contributed by atoms with Gasteiger partial charge in [-0.05, 0) is 25.7 Å². The van der Waals surface area contributed by atoms with Crippen LogP contribution in [0, 0.1) is 0 Å². The van der Waals surface area contributed by atoms with Crippen LogP contribution in [0.3, 0.4) is 0 Å². The lowest BCUT2D eigenvalue weighted by Crippen LogP contribution is -2.24. The normalized spacial score (nSPS) is 19.0. The van der Waals surface area contributed by atoms with Crippen molar-refractivity contribution in [2.45, 2.75) is 51.7 Å². The van der Waals surface area contributed by atoms with Crippen LogP contribution in [0.15, 0.2) is 0 Å². The summed E-state index contributed by atoms with van der Waals surface area (Å²) in [6.07, 6.45) is 6.93. The Morgan fingerprint density at radius 3 is 2.10 bits per heavy atom. The van der Waals surface area contributed by atoms with Crippen LogP contribution in [-0.4, -0.2) is 59.1 Å². The maximum atomic E-state index is 5.57. The van der Waals surface area contributed by atoms with E-state index in [4.69, 9.17) is 23.7 Å². The standard InChI is InChI=1S/C16H32O5/c1-2-3-5-8-17-10-11-18-12-13-19-14-15-21-16-7-4-6-9-20-16/h16H,2-15H2,1H3. The van der Waals surface area contributed by atoms with Gasteiger partial charge in [0.1, 0.15) is 0 Å². The van der Waals surface area contributed by atoms with Gasteiger partial charge < -0.3 is 23.7 Å². The van der Waals surface area contributed by atoms with E-state index in [1.165, 1.54) is 19.3 Å². The van der Waals surface area contributed by atoms with Crippen LogP contribution in [0.5, 0.6) is 0 Å². The van der Waals surface area contributed by atoms with Crippen LogP contribution >= 0.6 is 0 Å². The van der Waals surface area contributed by atoms with Gasteiger partial charge in [-0.15, -0.1) is 0 Å². The highest BCUT2D eigenvalue weighted by Crippen LogP contribution is 2.13. The molecule has 1 aliphatic heterocycles. The Morgan fingerprint density at radius 2 is 1.48 bits per heavy atom. The molecule has 126 valence electrons. The van der Waals surface area contributed by atoms with E-state index < -0.39 is 0 Å². The average molecular weight is 304 g/mol. The predicted molar refractivity (Wildman–Crippen MR) is 81.5 cm³/mol. The van der Waals surface area contributed by atoms with Crippen LogP contribution in [0.1, 0.15) is 45.4 Å². The number of unbranched alkanes of at least 4 members (excludes halogenated alkanes) is 2. The Morgan fingerprint density at radius 1 is 0.810 bits per heavy atom. The van der Waals surface area contributed by atoms with Gasteiger partial charge in [0.2, 0.25) is 0 Å². The first-order valence-electron chi connectivity index (χ1n) is 8.40. The zero-order valence-corrected chi connectivity index (χ0v) is 13.5. The number of ether oxygens (including phenoxy) is 5. The number of hydrogen-bond donors (Lipinski definition) is 0. The van der Waals surface area contributed by atoms with Gasteiger partial charge in [0.15, 0.2) is 6.29 Å². The smallest absolute Gasteiger partial charge is 0.157 e. The summed E-state index contributed by atoms with van der Waals surface area (Å²) in [6, 6.07) is 0. The predicted octanol–water partition coefficient (Wildman–Crippen LogP) is 2.77. The van der Waals surface area contributed by atoms with E-state index in [1.54, 1.807) is 0 Å². The van der Waals surface area contributed by atoms with E-state index >= 15 is 0 Å². The van der Waals surface area contributed by atoms with E-state index in [1.807, 2.05) is 0 Å². The molecule has 1 fully saturated rings. The second kappa shape index (κ2) is 14.7. The van der Waals surface area contributed by atoms with Crippen molar-refractivity contribution in [2.24, 2.45) is 0 Å². The summed E-state index contributed by atoms with van der Waals surface area (Å²) in [6.45, 7) is 7.56. The summed E-state index contributed by atoms with van der Waals surface area (Å²) in [5.41, 5.74) is 0. The summed E-state index contributed by atoms with van der Waals surface area (Å²) < 4.78 is 27.3. The molecule has 0 amide bonds. The fraction of sp³-hybridized carbons (Fsp3) is 1.00. The molecule has 1 rings (SSSR count). The van der Waals surface area contributed by atoms with Crippen LogP contribution in [0.25, 0.3) is 0 Å². The largest absolute Gasteiger partial charge is 0.379 e. The lowest BCUT2D eigenvalue weighted by molar-refractivity contribution is -0.169. The molecule has 0 radical (unpaired) electrons. The van der Waals surface area contributed by atoms with Crippen molar-refractivity contribution in [3.05, 3.63) is 0 Å². The van der Waals surface area contributed by atoms with Crippen LogP contribution < -0.4 is 0 Å². The van der Waals surface area contributed by atoms with Crippen molar-refractivity contribution >= 4 is 0 Å². The fourth-order valence-electron chi connectivity index (χ4n) is 2.08. The quantitative estimate of drug-likeness (QED) is 0.462. The Hall–Kier alpha value is -0.200. The van der Waals surface area contributed by atoms with Crippen molar-refractivity contribution in [1.29, 1.82) is 0 Å². The molecule has 1 atom stereocenters. The van der Waals surface area contributed by atoms with Crippen LogP contribution in [-0.2, 0) is 23.7 Å². The molecule has 0 aromatic rings. The van der Waals surface area contributed by atoms with Crippen molar-refractivity contribution in [2.75, 3.05) is 52.9 Å². The molecule has 0 N–H and O–H groups in total. The monoisotopic (exact) mass is 304 g/mol. The molecule has 21 heavy (non-hydrogen) atoms. The molecule has 5 heteroatoms. The average Bonchev–Trinajstić information content (AvgIpc) is 2.53. The second-order valence-electron chi connectivity index (χ2n) is 5.21. The maximum absolute atomic E-state index is 5.57. The van der Waals surface area contributed by atoms with Gasteiger partial charge in [0.25, 0.3) is 0 Å². The lowest BCUT2D eigenvalue weighted by Gasteiger charge is -2.22. The topological polar surface area (TPSA) is 46.2 Å². The molecule has 0 spiro atoms. The summed E-state index contributed by atoms with van der Waals surface area (Å²) in [5, 5.41) is 0. The van der Waals surface area contributed by atoms with Crippen LogP contribution in [0.2, 0.25) is 0 Å². The van der Waals surface area contributed by atoms with Gasteiger partial charge in [-0.25, -0.2) is 0 Å². The molecule has 1 unspecified atom stereocenters. The Kier molecular flexibility index (Phi) is 13.2. The molecule has 0 aromatic heterocycles. The molecule has 1 aliphatic rings. The van der Waals surface area contributed by atoms with Crippen molar-refractivity contribution in [3.8, 4) is 0 Å². The highest BCUT2D eigenvalue weighted by Gasteiger charge is 2.13. The molecular weight excluding hydrogens is 272 g/mol. The third-order valence-electron chi connectivity index (χ3n) is 3.31.